The van der Waals surface area contributed by atoms with Crippen LogP contribution in [0.15, 0.2) is 71.8 Å². The number of aliphatic hydroxyl groups is 4. The van der Waals surface area contributed by atoms with Gasteiger partial charge in [-0.05, 0) is 63.0 Å². The molecule has 0 aromatic heterocycles. The van der Waals surface area contributed by atoms with E-state index >= 15 is 9.59 Å². The third kappa shape index (κ3) is 7.89. The number of carbonyl (C=O) groups is 6. The van der Waals surface area contributed by atoms with E-state index in [1.165, 1.54) is 53.7 Å². The van der Waals surface area contributed by atoms with Crippen molar-refractivity contribution < 1.29 is 77.6 Å². The van der Waals surface area contributed by atoms with Crippen LogP contribution in [0, 0.1) is 16.7 Å². The third-order valence-electron chi connectivity index (χ3n) is 14.8. The van der Waals surface area contributed by atoms with Gasteiger partial charge in [-0.15, -0.1) is 0 Å². The van der Waals surface area contributed by atoms with Crippen LogP contribution in [0.3, 0.4) is 0 Å². The maximum absolute atomic E-state index is 15.2. The van der Waals surface area contributed by atoms with E-state index in [-0.39, 0.29) is 41.7 Å². The van der Waals surface area contributed by atoms with Gasteiger partial charge in [0.15, 0.2) is 23.2 Å². The Morgan fingerprint density at radius 2 is 1.55 bits per heavy atom. The normalized spacial score (nSPS) is 33.9. The Kier molecular flexibility index (Phi) is 13.1. The van der Waals surface area contributed by atoms with Crippen LogP contribution in [0.4, 0.5) is 4.79 Å². The fraction of sp³-hybridized carbons (Fsp3) is 0.592. The average molecular weight is 920 g/mol. The summed E-state index contributed by atoms with van der Waals surface area (Å²) in [6, 6.07) is 14.4. The molecule has 2 aliphatic heterocycles. The first-order chi connectivity index (χ1) is 31.0. The Morgan fingerprint density at radius 1 is 0.909 bits per heavy atom. The van der Waals surface area contributed by atoms with Crippen LogP contribution in [0.5, 0.6) is 0 Å². The highest BCUT2D eigenvalue weighted by atomic mass is 16.6. The molecule has 17 heteroatoms. The van der Waals surface area contributed by atoms with E-state index in [1.807, 2.05) is 6.92 Å². The summed E-state index contributed by atoms with van der Waals surface area (Å²) in [5.41, 5.74) is -9.12. The van der Waals surface area contributed by atoms with Gasteiger partial charge in [-0.25, -0.2) is 14.4 Å². The zero-order valence-corrected chi connectivity index (χ0v) is 38.6. The Bertz CT molecular complexity index is 2260. The molecule has 5 aliphatic rings. The molecule has 2 aromatic rings. The second-order valence-electron chi connectivity index (χ2n) is 19.6. The summed E-state index contributed by atoms with van der Waals surface area (Å²) >= 11 is 0. The van der Waals surface area contributed by atoms with Crippen molar-refractivity contribution in [2.45, 2.75) is 160 Å². The minimum absolute atomic E-state index is 0.0559. The van der Waals surface area contributed by atoms with Crippen molar-refractivity contribution in [3.8, 4) is 0 Å². The van der Waals surface area contributed by atoms with Gasteiger partial charge in [0.05, 0.1) is 29.6 Å². The van der Waals surface area contributed by atoms with Crippen LogP contribution in [-0.2, 0) is 47.6 Å². The second-order valence-corrected chi connectivity index (χ2v) is 19.6. The molecule has 2 unspecified atom stereocenters. The zero-order chi connectivity index (χ0) is 48.3. The monoisotopic (exact) mass is 919 g/mol. The highest BCUT2D eigenvalue weighted by molar-refractivity contribution is 5.94. The van der Waals surface area contributed by atoms with Crippen LogP contribution in [0.1, 0.15) is 116 Å². The van der Waals surface area contributed by atoms with Crippen molar-refractivity contribution in [3.05, 3.63) is 82.9 Å². The maximum atomic E-state index is 15.2. The third-order valence-corrected chi connectivity index (χ3v) is 14.8. The van der Waals surface area contributed by atoms with Crippen molar-refractivity contribution in [3.63, 3.8) is 0 Å². The molecule has 358 valence electrons. The zero-order valence-electron chi connectivity index (χ0n) is 38.6. The Labute approximate surface area is 383 Å². The Hall–Kier alpha value is -5.20. The Balaban J connectivity index is 1.40. The topological polar surface area (TPSA) is 242 Å². The van der Waals surface area contributed by atoms with Crippen molar-refractivity contribution in [1.29, 1.82) is 0 Å². The summed E-state index contributed by atoms with van der Waals surface area (Å²) in [5.74, 6) is -6.30. The number of benzene rings is 2. The molecule has 2 saturated carbocycles. The maximum Gasteiger partial charge on any atom is 0.413 e. The van der Waals surface area contributed by atoms with Gasteiger partial charge in [0, 0.05) is 31.6 Å². The van der Waals surface area contributed by atoms with Crippen molar-refractivity contribution >= 4 is 35.8 Å². The van der Waals surface area contributed by atoms with Crippen LogP contribution in [0.25, 0.3) is 0 Å². The van der Waals surface area contributed by atoms with E-state index in [1.54, 1.807) is 48.5 Å². The molecule has 2 aromatic carbocycles. The molecule has 2 heterocycles. The molecule has 0 radical (unpaired) electrons. The Morgan fingerprint density at radius 3 is 2.11 bits per heavy atom. The van der Waals surface area contributed by atoms with Crippen LogP contribution < -0.4 is 0 Å². The van der Waals surface area contributed by atoms with Crippen molar-refractivity contribution in [1.82, 2.24) is 4.90 Å². The predicted molar refractivity (Wildman–Crippen MR) is 231 cm³/mol. The summed E-state index contributed by atoms with van der Waals surface area (Å²) in [7, 11) is 0. The lowest BCUT2D eigenvalue weighted by atomic mass is 9.44. The number of carbonyl (C=O) groups excluding carboxylic acids is 6. The molecule has 4 fully saturated rings. The number of aliphatic hydroxyl groups excluding tert-OH is 3. The van der Waals surface area contributed by atoms with Gasteiger partial charge >= 0.3 is 30.0 Å². The van der Waals surface area contributed by atoms with E-state index in [4.69, 9.17) is 28.4 Å². The smallest absolute Gasteiger partial charge is 0.413 e. The number of esters is 4. The average Bonchev–Trinajstić information content (AvgIpc) is 3.46. The summed E-state index contributed by atoms with van der Waals surface area (Å²) in [5, 5.41) is 49.7. The van der Waals surface area contributed by atoms with E-state index in [0.717, 1.165) is 18.2 Å². The van der Waals surface area contributed by atoms with Crippen molar-refractivity contribution in [2.24, 2.45) is 16.7 Å². The molecule has 7 rings (SSSR count). The van der Waals surface area contributed by atoms with Gasteiger partial charge in [0.1, 0.15) is 36.1 Å². The number of fused-ring (bicyclic) bond motifs is 5. The number of Topliss-reactive ketones (excluding diaryl/α,β-unsaturated/α-hetero) is 1. The molecule has 66 heavy (non-hydrogen) atoms. The number of hydrogen-bond acceptors (Lipinski definition) is 16. The van der Waals surface area contributed by atoms with Crippen LogP contribution in [0.2, 0.25) is 0 Å². The molecule has 1 amide bonds. The van der Waals surface area contributed by atoms with Gasteiger partial charge in [-0.2, -0.15) is 0 Å². The van der Waals surface area contributed by atoms with E-state index in [9.17, 15) is 39.6 Å². The number of unbranched alkanes of at least 4 members (excludes halogenated alkanes) is 2. The molecular formula is C49H61NO16. The lowest BCUT2D eigenvalue weighted by Crippen LogP contribution is -2.81. The molecule has 2 bridgehead atoms. The van der Waals surface area contributed by atoms with E-state index in [0.29, 0.717) is 12.8 Å². The summed E-state index contributed by atoms with van der Waals surface area (Å²) < 4.78 is 36.1. The van der Waals surface area contributed by atoms with Gasteiger partial charge < -0.3 is 48.8 Å². The quantitative estimate of drug-likeness (QED) is 0.0941. The van der Waals surface area contributed by atoms with Crippen molar-refractivity contribution in [2.75, 3.05) is 6.61 Å². The highest BCUT2D eigenvalue weighted by Gasteiger charge is 2.78. The van der Waals surface area contributed by atoms with Crippen LogP contribution >= 0.6 is 0 Å². The van der Waals surface area contributed by atoms with Crippen LogP contribution in [-0.4, -0.2) is 127 Å². The van der Waals surface area contributed by atoms with Gasteiger partial charge in [0.25, 0.3) is 0 Å². The first-order valence-corrected chi connectivity index (χ1v) is 22.5. The summed E-state index contributed by atoms with van der Waals surface area (Å²) in [6.45, 7) is 11.7. The largest absolute Gasteiger partial charge is 0.455 e. The fourth-order valence-corrected chi connectivity index (χ4v) is 11.1. The molecule has 2 saturated heterocycles. The number of cyclic esters (lactones) is 1. The van der Waals surface area contributed by atoms with Gasteiger partial charge in [-0.3, -0.25) is 19.3 Å². The fourth-order valence-electron chi connectivity index (χ4n) is 11.1. The number of nitrogens with zero attached hydrogens (tertiary/aromatic N) is 1. The standard InChI is InChI=1S/C49H61NO16/c1-9-10-13-22-33(53)63-37(35(28-18-14-11-15-19-28)50-43(58)46(6,7)66-44(50)59)42(57)62-30-24-49(60)40(64-41(56)29-20-16-12-17-21-29)38-47(8,39(55)36(54)34(26(30)2)45(49,4)5)31(52)23-32-48(38,25-61-32)65-27(3)51/h11-12,14-21,30-32,35-38,40,43,52,54,58,60H,9-10,13,22-25H2,1-8H3/t30-,31-,32+,35-,36+,37+,38-,40-,43?,47+,48-,49?/m0/s1. The molecule has 3 aliphatic carbocycles. The predicted octanol–water partition coefficient (Wildman–Crippen LogP) is 4.42. The number of amides is 1. The SMILES string of the molecule is CCCCCC(=O)O[C@@H](C(=O)O[C@H]1CC2(O)[C@@H](OC(=O)c3ccccc3)[C@@H]3[C@]4(OC(C)=O)CO[C@@H]4C[C@H](O)[C@@]3(C)C(=O)[C@H](O)C(=C1C)C2(C)C)[C@H](c1ccccc1)N1C(=O)OC(C)(C)C1O. The first kappa shape index (κ1) is 48.7. The molecule has 4 N–H and O–H groups in total. The summed E-state index contributed by atoms with van der Waals surface area (Å²) in [4.78, 5) is 85.8. The molecular weight excluding hydrogens is 859 g/mol. The number of ketones is 1. The van der Waals surface area contributed by atoms with Gasteiger partial charge in [0.2, 0.25) is 6.10 Å². The minimum atomic E-state index is -2.43. The number of rotatable bonds is 13. The van der Waals surface area contributed by atoms with E-state index < -0.39 is 125 Å². The molecule has 12 atom stereocenters. The minimum Gasteiger partial charge on any atom is -0.455 e. The molecule has 17 nitrogen and oxygen atoms in total. The van der Waals surface area contributed by atoms with Gasteiger partial charge in [-0.1, -0.05) is 82.1 Å². The lowest BCUT2D eigenvalue weighted by Gasteiger charge is -2.67. The number of ether oxygens (including phenoxy) is 6. The highest BCUT2D eigenvalue weighted by Crippen LogP contribution is 2.64. The second kappa shape index (κ2) is 17.8. The lowest BCUT2D eigenvalue weighted by molar-refractivity contribution is -0.346. The van der Waals surface area contributed by atoms with E-state index in [2.05, 4.69) is 0 Å². The first-order valence-electron chi connectivity index (χ1n) is 22.5. The molecule has 0 spiro atoms. The summed E-state index contributed by atoms with van der Waals surface area (Å²) in [6.07, 6.45) is -11.8. The number of hydrogen-bond donors (Lipinski definition) is 4.